The fraction of sp³-hybridized carbons (Fsp3) is 0.441. The molecule has 2 saturated carbocycles. The number of nitrogens with one attached hydrogen (secondary N) is 3. The van der Waals surface area contributed by atoms with Crippen LogP contribution < -0.4 is 24.8 Å². The fourth-order valence-electron chi connectivity index (χ4n) is 6.20. The molecule has 0 spiro atoms. The predicted molar refractivity (Wildman–Crippen MR) is 179 cm³/mol. The number of hydrogen-bond acceptors (Lipinski definition) is 10. The molecular weight excluding hydrogens is 636 g/mol. The van der Waals surface area contributed by atoms with Crippen molar-refractivity contribution >= 4 is 44.3 Å². The van der Waals surface area contributed by atoms with Gasteiger partial charge in [-0.3, -0.25) is 19.1 Å². The summed E-state index contributed by atoms with van der Waals surface area (Å²) in [5.41, 5.74) is -1.49. The number of rotatable bonds is 13. The molecule has 1 aromatic carbocycles. The first-order valence-electron chi connectivity index (χ1n) is 16.0. The molecule has 14 heteroatoms. The Morgan fingerprint density at radius 2 is 1.90 bits per heavy atom. The van der Waals surface area contributed by atoms with E-state index in [2.05, 4.69) is 31.9 Å². The van der Waals surface area contributed by atoms with Crippen LogP contribution in [-0.2, 0) is 24.4 Å². The van der Waals surface area contributed by atoms with Crippen LogP contribution in [0.25, 0.3) is 10.8 Å². The Hall–Kier alpha value is -4.72. The highest BCUT2D eigenvalue weighted by Gasteiger charge is 2.62. The van der Waals surface area contributed by atoms with Gasteiger partial charge in [0.05, 0.1) is 18.9 Å². The molecule has 254 valence electrons. The molecule has 13 nitrogen and oxygen atoms in total. The predicted octanol–water partition coefficient (Wildman–Crippen LogP) is 2.79. The first-order chi connectivity index (χ1) is 23.0. The van der Waals surface area contributed by atoms with E-state index in [-0.39, 0.29) is 31.2 Å². The Kier molecular flexibility index (Phi) is 9.03. The summed E-state index contributed by atoms with van der Waals surface area (Å²) < 4.78 is 39.2. The van der Waals surface area contributed by atoms with Gasteiger partial charge in [0.15, 0.2) is 0 Å². The molecule has 1 aliphatic heterocycles. The minimum absolute atomic E-state index is 0.0679. The second-order valence-corrected chi connectivity index (χ2v) is 14.9. The van der Waals surface area contributed by atoms with Gasteiger partial charge in [-0.15, -0.1) is 6.58 Å². The van der Waals surface area contributed by atoms with E-state index < -0.39 is 56.7 Å². The average Bonchev–Trinajstić information content (AvgIpc) is 4.00. The third kappa shape index (κ3) is 6.66. The zero-order valence-corrected chi connectivity index (χ0v) is 27.9. The van der Waals surface area contributed by atoms with E-state index in [0.717, 1.165) is 10.8 Å². The molecule has 1 saturated heterocycles. The molecule has 3 aromatic rings. The third-order valence-electron chi connectivity index (χ3n) is 9.21. The van der Waals surface area contributed by atoms with Crippen LogP contribution >= 0.6 is 0 Å². The lowest BCUT2D eigenvalue weighted by atomic mass is 10.0. The van der Waals surface area contributed by atoms with Crippen LogP contribution in [-0.4, -0.2) is 83.6 Å². The van der Waals surface area contributed by atoms with Crippen LogP contribution in [0.4, 0.5) is 5.82 Å². The Bertz CT molecular complexity index is 1830. The van der Waals surface area contributed by atoms with Gasteiger partial charge in [0.2, 0.25) is 27.7 Å². The van der Waals surface area contributed by atoms with Gasteiger partial charge in [-0.2, -0.15) is 0 Å². The van der Waals surface area contributed by atoms with Crippen molar-refractivity contribution in [2.45, 2.75) is 68.5 Å². The second kappa shape index (κ2) is 13.1. The van der Waals surface area contributed by atoms with E-state index in [1.807, 2.05) is 32.0 Å². The smallest absolute Gasteiger partial charge is 0.259 e. The Balaban J connectivity index is 1.28. The maximum Gasteiger partial charge on any atom is 0.259 e. The normalized spacial score (nSPS) is 24.1. The highest BCUT2D eigenvalue weighted by Crippen LogP contribution is 2.45. The highest BCUT2D eigenvalue weighted by atomic mass is 32.2. The molecule has 1 unspecified atom stereocenters. The molecule has 2 aliphatic carbocycles. The van der Waals surface area contributed by atoms with Crippen molar-refractivity contribution in [2.75, 3.05) is 19.0 Å². The van der Waals surface area contributed by atoms with Crippen LogP contribution in [0.15, 0.2) is 67.5 Å². The van der Waals surface area contributed by atoms with Crippen LogP contribution in [0, 0.1) is 11.8 Å². The molecule has 0 bridgehead atoms. The maximum absolute atomic E-state index is 14.3. The van der Waals surface area contributed by atoms with Crippen LogP contribution in [0.1, 0.15) is 39.5 Å². The number of amides is 3. The van der Waals surface area contributed by atoms with Crippen molar-refractivity contribution in [2.24, 2.45) is 11.8 Å². The lowest BCUT2D eigenvalue weighted by molar-refractivity contribution is -0.140. The molecule has 48 heavy (non-hydrogen) atoms. The topological polar surface area (TPSA) is 169 Å². The summed E-state index contributed by atoms with van der Waals surface area (Å²) in [7, 11) is -2.27. The Morgan fingerprint density at radius 1 is 1.10 bits per heavy atom. The van der Waals surface area contributed by atoms with E-state index in [1.54, 1.807) is 43.8 Å². The Labute approximate surface area is 279 Å². The molecule has 3 heterocycles. The quantitative estimate of drug-likeness (QED) is 0.229. The van der Waals surface area contributed by atoms with Crippen molar-refractivity contribution in [3.63, 3.8) is 0 Å². The van der Waals surface area contributed by atoms with E-state index in [9.17, 15) is 22.8 Å². The van der Waals surface area contributed by atoms with Gasteiger partial charge in [0.1, 0.15) is 35.3 Å². The van der Waals surface area contributed by atoms with Crippen molar-refractivity contribution in [3.05, 3.63) is 67.5 Å². The standard InChI is InChI=1S/C34H40N6O7S/c1-5-22-18-34(22,33(43)39-48(44,45)25-10-11-25)38-30(41)27-17-24(47-31-26-12-9-23(46-4)16-21(26)13-15-36-31)19-40(27)32(42)29(20(2)3)37-28-8-6-7-14-35-28/h5-9,12-16,20,22,24-25,27,29H,1,10-11,17-19H2,2-4H3,(H,35,37)(H,38,41)(H,39,43)/t22-,24-,27+,29?,34-/m1/s1. The minimum Gasteiger partial charge on any atom is -0.497 e. The lowest BCUT2D eigenvalue weighted by Crippen LogP contribution is -2.58. The lowest BCUT2D eigenvalue weighted by Gasteiger charge is -2.31. The van der Waals surface area contributed by atoms with Gasteiger partial charge < -0.3 is 25.0 Å². The van der Waals surface area contributed by atoms with E-state index in [0.29, 0.717) is 30.3 Å². The number of sulfonamides is 1. The van der Waals surface area contributed by atoms with Crippen LogP contribution in [0.5, 0.6) is 11.6 Å². The summed E-state index contributed by atoms with van der Waals surface area (Å²) in [4.78, 5) is 52.0. The van der Waals surface area contributed by atoms with Gasteiger partial charge >= 0.3 is 0 Å². The van der Waals surface area contributed by atoms with Gasteiger partial charge in [0, 0.05) is 30.1 Å². The van der Waals surface area contributed by atoms with Crippen LogP contribution in [0.3, 0.4) is 0 Å². The summed E-state index contributed by atoms with van der Waals surface area (Å²) in [5.74, 6) is -0.866. The second-order valence-electron chi connectivity index (χ2n) is 12.9. The number of benzene rings is 1. The first-order valence-corrected chi connectivity index (χ1v) is 17.6. The number of carbonyl (C=O) groups excluding carboxylic acids is 3. The van der Waals surface area contributed by atoms with Gasteiger partial charge in [-0.25, -0.2) is 18.4 Å². The number of methoxy groups -OCH3 is 1. The van der Waals surface area contributed by atoms with Crippen molar-refractivity contribution in [1.82, 2.24) is 24.9 Å². The molecule has 3 amide bonds. The number of ether oxygens (including phenoxy) is 2. The molecular formula is C34H40N6O7S. The summed E-state index contributed by atoms with van der Waals surface area (Å²) in [6.45, 7) is 7.63. The molecule has 0 radical (unpaired) electrons. The number of pyridine rings is 2. The van der Waals surface area contributed by atoms with E-state index in [1.165, 1.54) is 11.0 Å². The van der Waals surface area contributed by atoms with Crippen LogP contribution in [0.2, 0.25) is 0 Å². The summed E-state index contributed by atoms with van der Waals surface area (Å²) in [5, 5.41) is 7.00. The SMILES string of the molecule is C=C[C@@H]1C[C@]1(NC(=O)[C@@H]1C[C@@H](Oc2nccc3cc(OC)ccc23)CN1C(=O)C(Nc1ccccn1)C(C)C)C(=O)NS(=O)(=O)C1CC1. The summed E-state index contributed by atoms with van der Waals surface area (Å²) in [6, 6.07) is 10.9. The van der Waals surface area contributed by atoms with E-state index in [4.69, 9.17) is 9.47 Å². The largest absolute Gasteiger partial charge is 0.497 e. The van der Waals surface area contributed by atoms with E-state index >= 15 is 0 Å². The fourth-order valence-corrected chi connectivity index (χ4v) is 7.56. The van der Waals surface area contributed by atoms with Gasteiger partial charge in [0.25, 0.3) is 5.91 Å². The highest BCUT2D eigenvalue weighted by molar-refractivity contribution is 7.91. The summed E-state index contributed by atoms with van der Waals surface area (Å²) in [6.07, 6.45) is 5.40. The molecule has 6 rings (SSSR count). The zero-order chi connectivity index (χ0) is 34.2. The number of carbonyl (C=O) groups is 3. The molecule has 5 atom stereocenters. The zero-order valence-electron chi connectivity index (χ0n) is 27.1. The maximum atomic E-state index is 14.3. The molecule has 3 aliphatic rings. The third-order valence-corrected chi connectivity index (χ3v) is 11.0. The number of nitrogens with zero attached hydrogens (tertiary/aromatic N) is 3. The van der Waals surface area contributed by atoms with Gasteiger partial charge in [-0.1, -0.05) is 26.0 Å². The van der Waals surface area contributed by atoms with Crippen molar-refractivity contribution in [1.29, 1.82) is 0 Å². The van der Waals surface area contributed by atoms with Gasteiger partial charge in [-0.05, 0) is 67.0 Å². The minimum atomic E-state index is -3.86. The number of likely N-dealkylation sites (tertiary alicyclic amines) is 1. The average molecular weight is 677 g/mol. The van der Waals surface area contributed by atoms with Crippen molar-refractivity contribution < 1.29 is 32.3 Å². The van der Waals surface area contributed by atoms with Crippen molar-refractivity contribution in [3.8, 4) is 11.6 Å². The first kappa shape index (κ1) is 33.2. The number of hydrogen-bond donors (Lipinski definition) is 3. The number of fused-ring (bicyclic) bond motifs is 1. The Morgan fingerprint density at radius 3 is 2.54 bits per heavy atom. The molecule has 3 fully saturated rings. The number of aromatic nitrogens is 2. The monoisotopic (exact) mass is 676 g/mol. The molecule has 2 aromatic heterocycles. The molecule has 3 N–H and O–H groups in total. The number of anilines is 1. The summed E-state index contributed by atoms with van der Waals surface area (Å²) >= 11 is 0.